The van der Waals surface area contributed by atoms with Gasteiger partial charge in [-0.25, -0.2) is 9.78 Å². The Kier molecular flexibility index (Phi) is 5.81. The van der Waals surface area contributed by atoms with Gasteiger partial charge in [0.15, 0.2) is 6.10 Å². The van der Waals surface area contributed by atoms with Crippen LogP contribution in [0.15, 0.2) is 50.8 Å². The van der Waals surface area contributed by atoms with Gasteiger partial charge in [-0.3, -0.25) is 4.79 Å². The average molecular weight is 465 g/mol. The van der Waals surface area contributed by atoms with E-state index in [-0.39, 0.29) is 11.3 Å². The van der Waals surface area contributed by atoms with Crippen molar-refractivity contribution in [3.05, 3.63) is 67.6 Å². The highest BCUT2D eigenvalue weighted by Crippen LogP contribution is 2.23. The molecule has 3 rings (SSSR count). The van der Waals surface area contributed by atoms with Gasteiger partial charge in [0, 0.05) is 15.1 Å². The van der Waals surface area contributed by atoms with Gasteiger partial charge in [0.05, 0.1) is 17.1 Å². The zero-order chi connectivity index (χ0) is 20.4. The summed E-state index contributed by atoms with van der Waals surface area (Å²) in [6.07, 6.45) is 0.327. The third-order valence-corrected chi connectivity index (χ3v) is 4.63. The predicted molar refractivity (Wildman–Crippen MR) is 111 cm³/mol. The van der Waals surface area contributed by atoms with Crippen LogP contribution in [0.5, 0.6) is 5.75 Å². The van der Waals surface area contributed by atoms with Gasteiger partial charge in [0.25, 0.3) is 5.56 Å². The molecule has 1 atom stereocenters. The van der Waals surface area contributed by atoms with E-state index in [2.05, 4.69) is 26.0 Å². The second kappa shape index (κ2) is 8.12. The number of benzene rings is 2. The fraction of sp³-hybridized carbons (Fsp3) is 0.158. The third kappa shape index (κ3) is 4.23. The van der Waals surface area contributed by atoms with Gasteiger partial charge in [0.1, 0.15) is 11.6 Å². The van der Waals surface area contributed by atoms with Crippen LogP contribution in [0, 0.1) is 6.92 Å². The fourth-order valence-electron chi connectivity index (χ4n) is 2.48. The number of nitrogens with zero attached hydrogens (tertiary/aromatic N) is 3. The van der Waals surface area contributed by atoms with E-state index in [1.165, 1.54) is 17.8 Å². The number of halogens is 2. The molecule has 28 heavy (non-hydrogen) atoms. The van der Waals surface area contributed by atoms with E-state index in [1.807, 2.05) is 0 Å². The number of hydrogen-bond acceptors (Lipinski definition) is 5. The Balaban J connectivity index is 2.06. The number of aliphatic carboxylic acids is 1. The average Bonchev–Trinajstić information content (AvgIpc) is 2.64. The number of rotatable bonds is 5. The largest absolute Gasteiger partial charge is 0.479 e. The Morgan fingerprint density at radius 3 is 2.82 bits per heavy atom. The molecule has 0 aliphatic carbocycles. The second-order valence-corrected chi connectivity index (χ2v) is 7.31. The lowest BCUT2D eigenvalue weighted by Gasteiger charge is -2.13. The highest BCUT2D eigenvalue weighted by molar-refractivity contribution is 9.10. The van der Waals surface area contributed by atoms with E-state index < -0.39 is 12.1 Å². The molecule has 0 fully saturated rings. The molecule has 1 heterocycles. The Labute approximate surface area is 173 Å². The summed E-state index contributed by atoms with van der Waals surface area (Å²) in [6, 6.07) is 9.93. The molecule has 2 aromatic carbocycles. The maximum atomic E-state index is 12.8. The van der Waals surface area contributed by atoms with Crippen LogP contribution in [0.4, 0.5) is 0 Å². The van der Waals surface area contributed by atoms with Gasteiger partial charge in [-0.1, -0.05) is 27.5 Å². The second-order valence-electron chi connectivity index (χ2n) is 5.96. The molecule has 1 N–H and O–H groups in total. The van der Waals surface area contributed by atoms with Crippen molar-refractivity contribution in [2.75, 3.05) is 0 Å². The van der Waals surface area contributed by atoms with E-state index in [4.69, 9.17) is 21.4 Å². The number of aryl methyl sites for hydroxylation is 1. The molecule has 0 saturated heterocycles. The predicted octanol–water partition coefficient (Wildman–Crippen LogP) is 3.85. The summed E-state index contributed by atoms with van der Waals surface area (Å²) >= 11 is 9.38. The fourth-order valence-corrected chi connectivity index (χ4v) is 3.03. The quantitative estimate of drug-likeness (QED) is 0.579. The third-order valence-electron chi connectivity index (χ3n) is 3.91. The number of aromatic nitrogens is 2. The summed E-state index contributed by atoms with van der Waals surface area (Å²) in [5.41, 5.74) is 0.670. The molecule has 0 radical (unpaired) electrons. The highest BCUT2D eigenvalue weighted by atomic mass is 79.9. The van der Waals surface area contributed by atoms with E-state index in [1.54, 1.807) is 43.3 Å². The van der Waals surface area contributed by atoms with Crippen LogP contribution in [-0.2, 0) is 4.79 Å². The van der Waals surface area contributed by atoms with Crippen LogP contribution < -0.4 is 10.3 Å². The number of fused-ring (bicyclic) bond motifs is 1. The van der Waals surface area contributed by atoms with Gasteiger partial charge >= 0.3 is 5.97 Å². The standard InChI is InChI=1S/C19H15BrClN3O4/c1-10(19(26)27)28-17-6-4-14(21)7-12(17)9-22-24-11(2)23-16-5-3-13(20)8-15(16)18(24)25/h3-10H,1-2H3,(H,26,27)/t10-/m1/s1. The number of carbonyl (C=O) groups is 1. The van der Waals surface area contributed by atoms with Crippen molar-refractivity contribution in [1.29, 1.82) is 0 Å². The molecular formula is C19H15BrClN3O4. The molecule has 144 valence electrons. The van der Waals surface area contributed by atoms with Crippen molar-refractivity contribution >= 4 is 50.6 Å². The Hall–Kier alpha value is -2.71. The molecule has 9 heteroatoms. The monoisotopic (exact) mass is 463 g/mol. The summed E-state index contributed by atoms with van der Waals surface area (Å²) in [7, 11) is 0. The summed E-state index contributed by atoms with van der Waals surface area (Å²) < 4.78 is 7.36. The lowest BCUT2D eigenvalue weighted by atomic mass is 10.2. The van der Waals surface area contributed by atoms with Crippen molar-refractivity contribution < 1.29 is 14.6 Å². The summed E-state index contributed by atoms with van der Waals surface area (Å²) in [6.45, 7) is 3.08. The Morgan fingerprint density at radius 1 is 1.36 bits per heavy atom. The topological polar surface area (TPSA) is 93.8 Å². The first-order chi connectivity index (χ1) is 13.3. The molecular weight excluding hydrogens is 450 g/mol. The van der Waals surface area contributed by atoms with Gasteiger partial charge in [0.2, 0.25) is 0 Å². The van der Waals surface area contributed by atoms with Gasteiger partial charge in [-0.15, -0.1) is 0 Å². The van der Waals surface area contributed by atoms with Crippen molar-refractivity contribution in [2.45, 2.75) is 20.0 Å². The highest BCUT2D eigenvalue weighted by Gasteiger charge is 2.15. The molecule has 0 spiro atoms. The molecule has 1 aromatic heterocycles. The van der Waals surface area contributed by atoms with Crippen LogP contribution in [0.1, 0.15) is 18.3 Å². The van der Waals surface area contributed by atoms with Crippen molar-refractivity contribution in [3.63, 3.8) is 0 Å². The van der Waals surface area contributed by atoms with Crippen LogP contribution >= 0.6 is 27.5 Å². The molecule has 0 saturated carbocycles. The lowest BCUT2D eigenvalue weighted by molar-refractivity contribution is -0.144. The van der Waals surface area contributed by atoms with Crippen LogP contribution in [0.2, 0.25) is 5.02 Å². The van der Waals surface area contributed by atoms with Gasteiger partial charge < -0.3 is 9.84 Å². The van der Waals surface area contributed by atoms with Crippen LogP contribution in [0.25, 0.3) is 10.9 Å². The molecule has 0 aliphatic heterocycles. The molecule has 0 aliphatic rings. The van der Waals surface area contributed by atoms with Crippen LogP contribution in [0.3, 0.4) is 0 Å². The normalized spacial score (nSPS) is 12.4. The number of ether oxygens (including phenoxy) is 1. The number of carboxylic acid groups (broad SMARTS) is 1. The van der Waals surface area contributed by atoms with Crippen LogP contribution in [-0.4, -0.2) is 33.1 Å². The molecule has 3 aromatic rings. The molecule has 7 nitrogen and oxygen atoms in total. The Morgan fingerprint density at radius 2 is 2.11 bits per heavy atom. The van der Waals surface area contributed by atoms with Crippen molar-refractivity contribution in [1.82, 2.24) is 9.66 Å². The zero-order valence-electron chi connectivity index (χ0n) is 14.9. The minimum Gasteiger partial charge on any atom is -0.479 e. The maximum Gasteiger partial charge on any atom is 0.344 e. The molecule has 0 bridgehead atoms. The minimum atomic E-state index is -1.10. The van der Waals surface area contributed by atoms with Crippen molar-refractivity contribution in [2.24, 2.45) is 5.10 Å². The van der Waals surface area contributed by atoms with Gasteiger partial charge in [-0.05, 0) is 50.2 Å². The SMILES string of the molecule is Cc1nc2ccc(Br)cc2c(=O)n1N=Cc1cc(Cl)ccc1O[C@H](C)C(=O)O. The molecule has 0 unspecified atom stereocenters. The lowest BCUT2D eigenvalue weighted by Crippen LogP contribution is -2.23. The number of hydrogen-bond donors (Lipinski definition) is 1. The first kappa shape index (κ1) is 20.0. The minimum absolute atomic E-state index is 0.283. The van der Waals surface area contributed by atoms with Gasteiger partial charge in [-0.2, -0.15) is 9.78 Å². The summed E-state index contributed by atoms with van der Waals surface area (Å²) in [4.78, 5) is 28.3. The Bertz CT molecular complexity index is 1160. The summed E-state index contributed by atoms with van der Waals surface area (Å²) in [5.74, 6) is -0.418. The summed E-state index contributed by atoms with van der Waals surface area (Å²) in [5, 5.41) is 14.1. The van der Waals surface area contributed by atoms with E-state index >= 15 is 0 Å². The first-order valence-corrected chi connectivity index (χ1v) is 9.35. The van der Waals surface area contributed by atoms with E-state index in [9.17, 15) is 9.59 Å². The number of carboxylic acids is 1. The zero-order valence-corrected chi connectivity index (χ0v) is 17.2. The maximum absolute atomic E-state index is 12.8. The van der Waals surface area contributed by atoms with E-state index in [0.29, 0.717) is 27.3 Å². The van der Waals surface area contributed by atoms with Crippen molar-refractivity contribution in [3.8, 4) is 5.75 Å². The van der Waals surface area contributed by atoms with E-state index in [0.717, 1.165) is 4.47 Å². The first-order valence-electron chi connectivity index (χ1n) is 8.18. The smallest absolute Gasteiger partial charge is 0.344 e. The molecule has 0 amide bonds.